The van der Waals surface area contributed by atoms with Crippen molar-refractivity contribution in [1.82, 2.24) is 5.32 Å². The van der Waals surface area contributed by atoms with Crippen molar-refractivity contribution < 1.29 is 15.0 Å². The number of hydrogen-bond acceptors (Lipinski definition) is 4. The van der Waals surface area contributed by atoms with Crippen molar-refractivity contribution >= 4 is 5.78 Å². The van der Waals surface area contributed by atoms with E-state index in [1.165, 1.54) is 0 Å². The van der Waals surface area contributed by atoms with Gasteiger partial charge in [0.15, 0.2) is 5.78 Å². The largest absolute Gasteiger partial charge is 0.386 e. The smallest absolute Gasteiger partial charge is 0.155 e. The van der Waals surface area contributed by atoms with Crippen LogP contribution < -0.4 is 5.32 Å². The van der Waals surface area contributed by atoms with E-state index in [1.807, 2.05) is 26.8 Å². The maximum Gasteiger partial charge on any atom is 0.155 e. The third-order valence-corrected chi connectivity index (χ3v) is 5.36. The van der Waals surface area contributed by atoms with Gasteiger partial charge in [0.25, 0.3) is 0 Å². The van der Waals surface area contributed by atoms with E-state index in [-0.39, 0.29) is 17.4 Å². The minimum atomic E-state index is -1.25. The van der Waals surface area contributed by atoms with Crippen LogP contribution in [0.1, 0.15) is 67.7 Å². The number of Topliss-reactive ketones (excluding diaryl/α,β-unsaturated/α-hetero) is 1. The molecule has 3 unspecified atom stereocenters. The van der Waals surface area contributed by atoms with Crippen LogP contribution in [0.4, 0.5) is 0 Å². The average molecular weight is 338 g/mol. The minimum Gasteiger partial charge on any atom is -0.386 e. The van der Waals surface area contributed by atoms with Crippen molar-refractivity contribution in [3.8, 4) is 0 Å². The summed E-state index contributed by atoms with van der Waals surface area (Å²) in [4.78, 5) is 13.0. The summed E-state index contributed by atoms with van der Waals surface area (Å²) in [7, 11) is 0. The van der Waals surface area contributed by atoms with Crippen LogP contribution in [0.2, 0.25) is 0 Å². The number of hydrogen-bond donors (Lipinski definition) is 3. The lowest BCUT2D eigenvalue weighted by molar-refractivity contribution is -0.130. The maximum absolute atomic E-state index is 13.0. The van der Waals surface area contributed by atoms with Gasteiger partial charge in [-0.05, 0) is 51.7 Å². The molecular weight excluding hydrogens is 302 g/mol. The number of carbonyl (C=O) groups is 1. The summed E-state index contributed by atoms with van der Waals surface area (Å²) in [6.07, 6.45) is 6.32. The molecule has 0 aromatic rings. The monoisotopic (exact) mass is 337 g/mol. The van der Waals surface area contributed by atoms with Gasteiger partial charge in [0, 0.05) is 11.0 Å². The minimum absolute atomic E-state index is 0.146. The fourth-order valence-corrected chi connectivity index (χ4v) is 2.60. The molecule has 0 aliphatic heterocycles. The van der Waals surface area contributed by atoms with Crippen molar-refractivity contribution in [2.45, 2.75) is 91.0 Å². The Bertz CT molecular complexity index is 515. The molecule has 24 heavy (non-hydrogen) atoms. The summed E-state index contributed by atoms with van der Waals surface area (Å²) in [6, 6.07) is -0.318. The van der Waals surface area contributed by atoms with Crippen molar-refractivity contribution in [3.05, 3.63) is 23.8 Å². The Morgan fingerprint density at radius 2 is 1.88 bits per heavy atom. The number of allylic oxidation sites excluding steroid dienone is 1. The van der Waals surface area contributed by atoms with E-state index in [0.29, 0.717) is 6.42 Å². The van der Waals surface area contributed by atoms with Gasteiger partial charge in [0.1, 0.15) is 11.7 Å². The summed E-state index contributed by atoms with van der Waals surface area (Å²) in [5.41, 5.74) is -0.918. The molecule has 0 bridgehead atoms. The Hall–Kier alpha value is -0.970. The van der Waals surface area contributed by atoms with Crippen molar-refractivity contribution in [2.24, 2.45) is 5.41 Å². The van der Waals surface area contributed by atoms with Gasteiger partial charge in [0.2, 0.25) is 0 Å². The number of aliphatic hydroxyl groups is 2. The molecule has 0 fully saturated rings. The summed E-state index contributed by atoms with van der Waals surface area (Å²) < 4.78 is 0. The van der Waals surface area contributed by atoms with E-state index in [1.54, 1.807) is 19.1 Å². The Balaban J connectivity index is 3.03. The highest BCUT2D eigenvalue weighted by Crippen LogP contribution is 2.29. The highest BCUT2D eigenvalue weighted by atomic mass is 16.3. The van der Waals surface area contributed by atoms with Gasteiger partial charge in [-0.15, -0.1) is 0 Å². The number of carbonyl (C=O) groups excluding carboxylic acids is 1. The fraction of sp³-hybridized carbons (Fsp3) is 0.750. The van der Waals surface area contributed by atoms with E-state index in [4.69, 9.17) is 0 Å². The maximum atomic E-state index is 13.0. The first-order valence-electron chi connectivity index (χ1n) is 8.97. The summed E-state index contributed by atoms with van der Waals surface area (Å²) in [5, 5.41) is 23.6. The zero-order chi connectivity index (χ0) is 18.8. The second kappa shape index (κ2) is 7.51. The van der Waals surface area contributed by atoms with E-state index in [0.717, 1.165) is 18.4 Å². The first-order chi connectivity index (χ1) is 10.8. The lowest BCUT2D eigenvalue weighted by Crippen LogP contribution is -2.52. The third kappa shape index (κ3) is 5.27. The molecule has 0 amide bonds. The molecule has 138 valence electrons. The molecule has 0 saturated heterocycles. The molecule has 0 spiro atoms. The van der Waals surface area contributed by atoms with Gasteiger partial charge < -0.3 is 15.5 Å². The van der Waals surface area contributed by atoms with Crippen molar-refractivity contribution in [1.29, 1.82) is 0 Å². The lowest BCUT2D eigenvalue weighted by atomic mass is 9.78. The first-order valence-corrected chi connectivity index (χ1v) is 8.97. The summed E-state index contributed by atoms with van der Waals surface area (Å²) >= 11 is 0. The van der Waals surface area contributed by atoms with Crippen LogP contribution in [0.3, 0.4) is 0 Å². The van der Waals surface area contributed by atoms with E-state index in [2.05, 4.69) is 26.1 Å². The van der Waals surface area contributed by atoms with Gasteiger partial charge in [-0.1, -0.05) is 39.8 Å². The van der Waals surface area contributed by atoms with Crippen LogP contribution in [0, 0.1) is 5.41 Å². The average Bonchev–Trinajstić information content (AvgIpc) is 2.49. The van der Waals surface area contributed by atoms with Crippen LogP contribution in [0.15, 0.2) is 23.8 Å². The molecule has 1 aliphatic carbocycles. The standard InChI is InChI=1S/C20H35NO3/c1-8-18(3,4)17(23)15(21-19(5,6)9-2)12-14-10-11-20(7,24)16(22)13-14/h10-11,13,15-16,21-22,24H,8-9,12H2,1-7H3. The number of nitrogens with one attached hydrogen (secondary N) is 1. The second-order valence-corrected chi connectivity index (χ2v) is 8.49. The Kier molecular flexibility index (Phi) is 6.59. The van der Waals surface area contributed by atoms with E-state index < -0.39 is 17.1 Å². The lowest BCUT2D eigenvalue weighted by Gasteiger charge is -2.35. The predicted octanol–water partition coefficient (Wildman–Crippen LogP) is 3.14. The SMILES string of the molecule is CCC(C)(C)NC(CC1=CC(O)C(C)(O)C=C1)C(=O)C(C)(C)CC. The van der Waals surface area contributed by atoms with Gasteiger partial charge in [-0.3, -0.25) is 4.79 Å². The van der Waals surface area contributed by atoms with Gasteiger partial charge in [-0.25, -0.2) is 0 Å². The molecule has 0 aromatic carbocycles. The molecular formula is C20H35NO3. The molecule has 4 nitrogen and oxygen atoms in total. The van der Waals surface area contributed by atoms with E-state index in [9.17, 15) is 15.0 Å². The zero-order valence-corrected chi connectivity index (χ0v) is 16.3. The summed E-state index contributed by atoms with van der Waals surface area (Å²) in [5.74, 6) is 0.188. The third-order valence-electron chi connectivity index (χ3n) is 5.36. The highest BCUT2D eigenvalue weighted by molar-refractivity contribution is 5.89. The Labute approximate surface area is 147 Å². The van der Waals surface area contributed by atoms with Crippen LogP contribution in [-0.2, 0) is 4.79 Å². The molecule has 1 aliphatic rings. The molecule has 4 heteroatoms. The molecule has 3 N–H and O–H groups in total. The van der Waals surface area contributed by atoms with Crippen LogP contribution in [0.25, 0.3) is 0 Å². The van der Waals surface area contributed by atoms with E-state index >= 15 is 0 Å². The van der Waals surface area contributed by atoms with Crippen LogP contribution >= 0.6 is 0 Å². The highest BCUT2D eigenvalue weighted by Gasteiger charge is 2.36. The molecule has 0 radical (unpaired) electrons. The Morgan fingerprint density at radius 3 is 2.33 bits per heavy atom. The van der Waals surface area contributed by atoms with Crippen molar-refractivity contribution in [3.63, 3.8) is 0 Å². The topological polar surface area (TPSA) is 69.6 Å². The summed E-state index contributed by atoms with van der Waals surface area (Å²) in [6.45, 7) is 13.8. The normalized spacial score (nSPS) is 26.2. The Morgan fingerprint density at radius 1 is 1.29 bits per heavy atom. The van der Waals surface area contributed by atoms with Crippen LogP contribution in [-0.4, -0.2) is 39.3 Å². The quantitative estimate of drug-likeness (QED) is 0.636. The number of ketones is 1. The molecule has 0 aromatic heterocycles. The second-order valence-electron chi connectivity index (χ2n) is 8.49. The number of rotatable bonds is 8. The van der Waals surface area contributed by atoms with Gasteiger partial charge >= 0.3 is 0 Å². The van der Waals surface area contributed by atoms with Gasteiger partial charge in [0.05, 0.1) is 6.04 Å². The molecule has 3 atom stereocenters. The van der Waals surface area contributed by atoms with Crippen molar-refractivity contribution in [2.75, 3.05) is 0 Å². The van der Waals surface area contributed by atoms with Crippen LogP contribution in [0.5, 0.6) is 0 Å². The van der Waals surface area contributed by atoms with Gasteiger partial charge in [-0.2, -0.15) is 0 Å². The molecule has 0 saturated carbocycles. The molecule has 0 heterocycles. The predicted molar refractivity (Wildman–Crippen MR) is 98.8 cm³/mol. The first kappa shape index (κ1) is 21.1. The number of aliphatic hydroxyl groups excluding tert-OH is 1. The fourth-order valence-electron chi connectivity index (χ4n) is 2.60. The zero-order valence-electron chi connectivity index (χ0n) is 16.3. The molecule has 1 rings (SSSR count).